The van der Waals surface area contributed by atoms with Gasteiger partial charge in [0.15, 0.2) is 0 Å². The van der Waals surface area contributed by atoms with Crippen LogP contribution < -0.4 is 4.74 Å². The second-order valence-electron chi connectivity index (χ2n) is 8.09. The van der Waals surface area contributed by atoms with Crippen LogP contribution in [0.5, 0.6) is 5.75 Å². The molecular formula is C19H26F2N2O. The molecule has 1 aliphatic rings. The van der Waals surface area contributed by atoms with Crippen LogP contribution in [0.25, 0.3) is 11.0 Å². The van der Waals surface area contributed by atoms with E-state index >= 15 is 0 Å². The molecule has 0 bridgehead atoms. The predicted molar refractivity (Wildman–Crippen MR) is 91.7 cm³/mol. The summed E-state index contributed by atoms with van der Waals surface area (Å²) in [6.45, 7) is 9.16. The van der Waals surface area contributed by atoms with Gasteiger partial charge in [0, 0.05) is 17.7 Å². The summed E-state index contributed by atoms with van der Waals surface area (Å²) < 4.78 is 34.9. The Bertz CT molecular complexity index is 713. The summed E-state index contributed by atoms with van der Waals surface area (Å²) in [5.74, 6) is 1.00. The molecule has 0 unspecified atom stereocenters. The Morgan fingerprint density at radius 1 is 1.29 bits per heavy atom. The van der Waals surface area contributed by atoms with Crippen molar-refractivity contribution in [1.29, 1.82) is 0 Å². The Morgan fingerprint density at radius 3 is 2.58 bits per heavy atom. The van der Waals surface area contributed by atoms with Gasteiger partial charge in [-0.2, -0.15) is 0 Å². The lowest BCUT2D eigenvalue weighted by Crippen LogP contribution is -2.33. The number of benzene rings is 1. The van der Waals surface area contributed by atoms with E-state index in [1.54, 1.807) is 12.4 Å². The third-order valence-corrected chi connectivity index (χ3v) is 4.84. The monoisotopic (exact) mass is 336 g/mol. The van der Waals surface area contributed by atoms with Gasteiger partial charge in [0.2, 0.25) is 0 Å². The highest BCUT2D eigenvalue weighted by molar-refractivity contribution is 5.81. The minimum atomic E-state index is -2.54. The molecule has 1 aromatic heterocycles. The summed E-state index contributed by atoms with van der Waals surface area (Å²) in [4.78, 5) is 4.37. The van der Waals surface area contributed by atoms with Gasteiger partial charge >= 0.3 is 0 Å². The van der Waals surface area contributed by atoms with E-state index < -0.39 is 6.43 Å². The number of rotatable bonds is 6. The second-order valence-corrected chi connectivity index (χ2v) is 8.09. The number of aromatic nitrogens is 2. The first-order valence-electron chi connectivity index (χ1n) is 8.68. The van der Waals surface area contributed by atoms with Crippen molar-refractivity contribution in [2.45, 2.75) is 59.4 Å². The first-order valence-corrected chi connectivity index (χ1v) is 8.68. The topological polar surface area (TPSA) is 27.1 Å². The Balaban J connectivity index is 1.91. The van der Waals surface area contributed by atoms with E-state index in [2.05, 4.69) is 32.7 Å². The molecule has 1 aromatic carbocycles. The van der Waals surface area contributed by atoms with Crippen LogP contribution in [0.1, 0.15) is 65.0 Å². The van der Waals surface area contributed by atoms with Gasteiger partial charge in [-0.05, 0) is 36.7 Å². The molecule has 3 nitrogen and oxygen atoms in total. The van der Waals surface area contributed by atoms with Gasteiger partial charge < -0.3 is 9.30 Å². The van der Waals surface area contributed by atoms with Crippen molar-refractivity contribution in [2.24, 2.45) is 11.3 Å². The van der Waals surface area contributed by atoms with Crippen molar-refractivity contribution in [3.8, 4) is 5.75 Å². The minimum Gasteiger partial charge on any atom is -0.493 e. The molecule has 24 heavy (non-hydrogen) atoms. The fourth-order valence-corrected chi connectivity index (χ4v) is 3.53. The molecule has 0 spiro atoms. The highest BCUT2D eigenvalue weighted by atomic mass is 19.3. The number of fused-ring (bicyclic) bond motifs is 1. The maximum atomic E-state index is 13.6. The second kappa shape index (κ2) is 6.34. The molecule has 5 heteroatoms. The molecule has 132 valence electrons. The van der Waals surface area contributed by atoms with Gasteiger partial charge in [0.1, 0.15) is 5.75 Å². The predicted octanol–water partition coefficient (Wildman–Crippen LogP) is 5.76. The van der Waals surface area contributed by atoms with Crippen molar-refractivity contribution in [3.05, 3.63) is 24.0 Å². The van der Waals surface area contributed by atoms with E-state index in [-0.39, 0.29) is 17.0 Å². The molecule has 3 rings (SSSR count). The lowest BCUT2D eigenvalue weighted by molar-refractivity contribution is 0.106. The highest BCUT2D eigenvalue weighted by Gasteiger charge is 2.38. The van der Waals surface area contributed by atoms with E-state index in [0.29, 0.717) is 29.3 Å². The lowest BCUT2D eigenvalue weighted by Gasteiger charge is -2.43. The maximum absolute atomic E-state index is 13.6. The first-order chi connectivity index (χ1) is 11.3. The van der Waals surface area contributed by atoms with Crippen molar-refractivity contribution in [2.75, 3.05) is 6.61 Å². The SMILES string of the molecule is CC(C)CCOc1cc(C(F)F)c2c(c1)ncn2C1CC(C)(C)C1. The Labute approximate surface area is 142 Å². The summed E-state index contributed by atoms with van der Waals surface area (Å²) in [5, 5.41) is 0. The largest absolute Gasteiger partial charge is 0.493 e. The molecule has 0 N–H and O–H groups in total. The van der Waals surface area contributed by atoms with Crippen LogP contribution in [-0.4, -0.2) is 16.2 Å². The summed E-state index contributed by atoms with van der Waals surface area (Å²) in [7, 11) is 0. The standard InChI is InChI=1S/C19H26F2N2O/c1-12(2)5-6-24-14-7-15(18(20)21)17-16(8-14)22-11-23(17)13-9-19(3,4)10-13/h7-8,11-13,18H,5-6,9-10H2,1-4H3. The van der Waals surface area contributed by atoms with E-state index in [1.165, 1.54) is 6.07 Å². The molecule has 0 radical (unpaired) electrons. The van der Waals surface area contributed by atoms with Crippen LogP contribution in [0.2, 0.25) is 0 Å². The van der Waals surface area contributed by atoms with Crippen molar-refractivity contribution >= 4 is 11.0 Å². The normalized spacial score (nSPS) is 17.7. The number of halogens is 2. The van der Waals surface area contributed by atoms with Crippen LogP contribution >= 0.6 is 0 Å². The van der Waals surface area contributed by atoms with Crippen LogP contribution in [0, 0.1) is 11.3 Å². The average molecular weight is 336 g/mol. The molecule has 2 aromatic rings. The van der Waals surface area contributed by atoms with Crippen LogP contribution in [-0.2, 0) is 0 Å². The summed E-state index contributed by atoms with van der Waals surface area (Å²) in [6.07, 6.45) is 2.05. The Kier molecular flexibility index (Phi) is 4.54. The minimum absolute atomic E-state index is 0.0225. The van der Waals surface area contributed by atoms with Crippen molar-refractivity contribution in [1.82, 2.24) is 9.55 Å². The zero-order chi connectivity index (χ0) is 17.5. The van der Waals surface area contributed by atoms with Gasteiger partial charge in [-0.25, -0.2) is 13.8 Å². The molecular weight excluding hydrogens is 310 g/mol. The van der Waals surface area contributed by atoms with E-state index in [9.17, 15) is 8.78 Å². The van der Waals surface area contributed by atoms with Gasteiger partial charge in [0.05, 0.1) is 24.0 Å². The Morgan fingerprint density at radius 2 is 2.00 bits per heavy atom. The quantitative estimate of drug-likeness (QED) is 0.670. The third kappa shape index (κ3) is 3.40. The molecule has 1 saturated carbocycles. The van der Waals surface area contributed by atoms with Gasteiger partial charge in [-0.3, -0.25) is 0 Å². The first kappa shape index (κ1) is 17.2. The van der Waals surface area contributed by atoms with Gasteiger partial charge in [0.25, 0.3) is 6.43 Å². The van der Waals surface area contributed by atoms with Crippen LogP contribution in [0.15, 0.2) is 18.5 Å². The molecule has 0 aliphatic heterocycles. The number of hydrogen-bond acceptors (Lipinski definition) is 2. The number of nitrogens with zero attached hydrogens (tertiary/aromatic N) is 2. The molecule has 1 heterocycles. The van der Waals surface area contributed by atoms with E-state index in [0.717, 1.165) is 19.3 Å². The zero-order valence-electron chi connectivity index (χ0n) is 14.9. The summed E-state index contributed by atoms with van der Waals surface area (Å²) in [6, 6.07) is 3.52. The lowest BCUT2D eigenvalue weighted by atomic mass is 9.68. The Hall–Kier alpha value is -1.65. The molecule has 0 saturated heterocycles. The maximum Gasteiger partial charge on any atom is 0.266 e. The number of imidazole rings is 1. The fourth-order valence-electron chi connectivity index (χ4n) is 3.53. The zero-order valence-corrected chi connectivity index (χ0v) is 14.9. The van der Waals surface area contributed by atoms with Crippen LogP contribution in [0.3, 0.4) is 0 Å². The van der Waals surface area contributed by atoms with Crippen molar-refractivity contribution < 1.29 is 13.5 Å². The third-order valence-electron chi connectivity index (χ3n) is 4.84. The smallest absolute Gasteiger partial charge is 0.266 e. The van der Waals surface area contributed by atoms with Gasteiger partial charge in [-0.15, -0.1) is 0 Å². The fraction of sp³-hybridized carbons (Fsp3) is 0.632. The van der Waals surface area contributed by atoms with E-state index in [4.69, 9.17) is 4.74 Å². The number of ether oxygens (including phenoxy) is 1. The summed E-state index contributed by atoms with van der Waals surface area (Å²) >= 11 is 0. The molecule has 0 atom stereocenters. The highest BCUT2D eigenvalue weighted by Crippen LogP contribution is 2.49. The molecule has 0 amide bonds. The van der Waals surface area contributed by atoms with E-state index in [1.807, 2.05) is 4.57 Å². The molecule has 1 fully saturated rings. The van der Waals surface area contributed by atoms with Crippen LogP contribution in [0.4, 0.5) is 8.78 Å². The molecule has 1 aliphatic carbocycles. The average Bonchev–Trinajstić information content (AvgIpc) is 2.86. The van der Waals surface area contributed by atoms with Gasteiger partial charge in [-0.1, -0.05) is 27.7 Å². The summed E-state index contributed by atoms with van der Waals surface area (Å²) in [5.41, 5.74) is 1.46. The van der Waals surface area contributed by atoms with Crippen molar-refractivity contribution in [3.63, 3.8) is 0 Å². The number of hydrogen-bond donors (Lipinski definition) is 0. The number of alkyl halides is 2.